The molecule has 1 heterocycles. The molecular formula is C15H16Cl2N2O3. The first-order valence-corrected chi connectivity index (χ1v) is 7.57. The first-order chi connectivity index (χ1) is 10.5. The molecule has 118 valence electrons. The van der Waals surface area contributed by atoms with E-state index in [9.17, 15) is 9.90 Å². The van der Waals surface area contributed by atoms with Crippen molar-refractivity contribution in [1.29, 1.82) is 0 Å². The summed E-state index contributed by atoms with van der Waals surface area (Å²) in [5.74, 6) is -0.490. The summed E-state index contributed by atoms with van der Waals surface area (Å²) < 4.78 is 5.04. The Bertz CT molecular complexity index is 705. The van der Waals surface area contributed by atoms with Gasteiger partial charge in [-0.05, 0) is 26.0 Å². The maximum atomic E-state index is 12.1. The van der Waals surface area contributed by atoms with Gasteiger partial charge >= 0.3 is 5.97 Å². The van der Waals surface area contributed by atoms with Crippen LogP contribution in [0.2, 0.25) is 10.0 Å². The number of pyridine rings is 1. The standard InChI is InChI=1S/C15H16Cl2N2O3/c1-3-22-15(21)10-7-19-14-9(4-5-11(16)12(14)17)13(10)18-6-8(2)20/h4-5,7-8,20H,3,6H2,1-2H3,(H,18,19). The summed E-state index contributed by atoms with van der Waals surface area (Å²) in [5, 5.41) is 13.9. The summed E-state index contributed by atoms with van der Waals surface area (Å²) >= 11 is 12.2. The average Bonchev–Trinajstić information content (AvgIpc) is 2.48. The number of esters is 1. The van der Waals surface area contributed by atoms with Gasteiger partial charge in [-0.25, -0.2) is 4.79 Å². The zero-order valence-electron chi connectivity index (χ0n) is 12.2. The van der Waals surface area contributed by atoms with Crippen molar-refractivity contribution in [2.45, 2.75) is 20.0 Å². The maximum absolute atomic E-state index is 12.1. The highest BCUT2D eigenvalue weighted by Crippen LogP contribution is 2.34. The van der Waals surface area contributed by atoms with Crippen molar-refractivity contribution in [2.24, 2.45) is 0 Å². The van der Waals surface area contributed by atoms with E-state index < -0.39 is 12.1 Å². The van der Waals surface area contributed by atoms with Crippen LogP contribution in [0.5, 0.6) is 0 Å². The van der Waals surface area contributed by atoms with Crippen LogP contribution in [0.25, 0.3) is 10.9 Å². The van der Waals surface area contributed by atoms with E-state index in [4.69, 9.17) is 27.9 Å². The number of carbonyl (C=O) groups excluding carboxylic acids is 1. The number of nitrogens with zero attached hydrogens (tertiary/aromatic N) is 1. The van der Waals surface area contributed by atoms with Gasteiger partial charge in [-0.15, -0.1) is 0 Å². The molecule has 0 aliphatic heterocycles. The molecule has 1 aromatic carbocycles. The van der Waals surface area contributed by atoms with Crippen LogP contribution in [-0.2, 0) is 4.74 Å². The molecule has 0 fully saturated rings. The Morgan fingerprint density at radius 1 is 1.45 bits per heavy atom. The lowest BCUT2D eigenvalue weighted by molar-refractivity contribution is 0.0527. The number of fused-ring (bicyclic) bond motifs is 1. The molecule has 2 aromatic rings. The zero-order chi connectivity index (χ0) is 16.3. The fraction of sp³-hybridized carbons (Fsp3) is 0.333. The number of aromatic nitrogens is 1. The second-order valence-electron chi connectivity index (χ2n) is 4.75. The second-order valence-corrected chi connectivity index (χ2v) is 5.54. The van der Waals surface area contributed by atoms with Crippen molar-refractivity contribution in [2.75, 3.05) is 18.5 Å². The van der Waals surface area contributed by atoms with E-state index in [1.54, 1.807) is 26.0 Å². The van der Waals surface area contributed by atoms with Crippen LogP contribution in [0.15, 0.2) is 18.3 Å². The van der Waals surface area contributed by atoms with E-state index in [1.165, 1.54) is 6.20 Å². The summed E-state index contributed by atoms with van der Waals surface area (Å²) in [5.41, 5.74) is 1.28. The molecule has 5 nitrogen and oxygen atoms in total. The Balaban J connectivity index is 2.61. The Kier molecular flexibility index (Phi) is 5.45. The summed E-state index contributed by atoms with van der Waals surface area (Å²) in [6, 6.07) is 3.36. The number of hydrogen-bond donors (Lipinski definition) is 2. The summed E-state index contributed by atoms with van der Waals surface area (Å²) in [6.45, 7) is 3.90. The minimum atomic E-state index is -0.582. The largest absolute Gasteiger partial charge is 0.462 e. The number of nitrogens with one attached hydrogen (secondary N) is 1. The van der Waals surface area contributed by atoms with Crippen LogP contribution in [0.3, 0.4) is 0 Å². The summed E-state index contributed by atoms with van der Waals surface area (Å²) in [4.78, 5) is 16.3. The van der Waals surface area contributed by atoms with Gasteiger partial charge < -0.3 is 15.2 Å². The molecule has 1 unspecified atom stereocenters. The molecule has 0 saturated heterocycles. The van der Waals surface area contributed by atoms with Crippen molar-refractivity contribution >= 4 is 45.8 Å². The quantitative estimate of drug-likeness (QED) is 0.813. The monoisotopic (exact) mass is 342 g/mol. The minimum Gasteiger partial charge on any atom is -0.462 e. The van der Waals surface area contributed by atoms with Crippen molar-refractivity contribution in [3.05, 3.63) is 33.9 Å². The molecule has 1 atom stereocenters. The zero-order valence-corrected chi connectivity index (χ0v) is 13.7. The van der Waals surface area contributed by atoms with E-state index in [1.807, 2.05) is 0 Å². The summed E-state index contributed by atoms with van der Waals surface area (Å²) in [7, 11) is 0. The van der Waals surface area contributed by atoms with Gasteiger partial charge in [-0.3, -0.25) is 4.98 Å². The fourth-order valence-corrected chi connectivity index (χ4v) is 2.38. The average molecular weight is 343 g/mol. The van der Waals surface area contributed by atoms with Gasteiger partial charge in [0.2, 0.25) is 0 Å². The van der Waals surface area contributed by atoms with Crippen LogP contribution in [0, 0.1) is 0 Å². The number of anilines is 1. The fourth-order valence-electron chi connectivity index (χ4n) is 2.01. The molecule has 2 N–H and O–H groups in total. The number of halogens is 2. The van der Waals surface area contributed by atoms with Crippen LogP contribution in [0.4, 0.5) is 5.69 Å². The molecule has 0 aliphatic rings. The number of rotatable bonds is 5. The Hall–Kier alpha value is -1.56. The topological polar surface area (TPSA) is 71.5 Å². The van der Waals surface area contributed by atoms with Gasteiger partial charge in [0.1, 0.15) is 5.56 Å². The molecule has 0 radical (unpaired) electrons. The SMILES string of the molecule is CCOC(=O)c1cnc2c(Cl)c(Cl)ccc2c1NCC(C)O. The molecule has 0 amide bonds. The lowest BCUT2D eigenvalue weighted by Crippen LogP contribution is -2.18. The van der Waals surface area contributed by atoms with Gasteiger partial charge in [-0.2, -0.15) is 0 Å². The van der Waals surface area contributed by atoms with E-state index in [-0.39, 0.29) is 18.7 Å². The third kappa shape index (κ3) is 3.43. The molecule has 22 heavy (non-hydrogen) atoms. The molecule has 2 rings (SSSR count). The molecule has 1 aromatic heterocycles. The minimum absolute atomic E-state index is 0.258. The van der Waals surface area contributed by atoms with Gasteiger partial charge in [-0.1, -0.05) is 23.2 Å². The Labute approximate surface area is 138 Å². The van der Waals surface area contributed by atoms with Gasteiger partial charge in [0.25, 0.3) is 0 Å². The van der Waals surface area contributed by atoms with Crippen molar-refractivity contribution in [3.63, 3.8) is 0 Å². The first-order valence-electron chi connectivity index (χ1n) is 6.81. The highest BCUT2D eigenvalue weighted by atomic mass is 35.5. The molecule has 0 bridgehead atoms. The van der Waals surface area contributed by atoms with Crippen LogP contribution in [-0.4, -0.2) is 35.3 Å². The lowest BCUT2D eigenvalue weighted by Gasteiger charge is -2.15. The van der Waals surface area contributed by atoms with Crippen molar-refractivity contribution in [1.82, 2.24) is 4.98 Å². The van der Waals surface area contributed by atoms with E-state index >= 15 is 0 Å². The molecule has 0 aliphatic carbocycles. The summed E-state index contributed by atoms with van der Waals surface area (Å²) in [6.07, 6.45) is 0.813. The molecule has 0 spiro atoms. The third-order valence-electron chi connectivity index (χ3n) is 3.00. The highest BCUT2D eigenvalue weighted by Gasteiger charge is 2.18. The Morgan fingerprint density at radius 2 is 2.18 bits per heavy atom. The number of ether oxygens (including phenoxy) is 1. The number of aliphatic hydroxyl groups is 1. The van der Waals surface area contributed by atoms with E-state index in [2.05, 4.69) is 10.3 Å². The Morgan fingerprint density at radius 3 is 2.82 bits per heavy atom. The van der Waals surface area contributed by atoms with Crippen molar-refractivity contribution < 1.29 is 14.6 Å². The van der Waals surface area contributed by atoms with Crippen LogP contribution < -0.4 is 5.32 Å². The predicted octanol–water partition coefficient (Wildman–Crippen LogP) is 3.51. The maximum Gasteiger partial charge on any atom is 0.341 e. The predicted molar refractivity (Wildman–Crippen MR) is 87.9 cm³/mol. The van der Waals surface area contributed by atoms with Crippen LogP contribution in [0.1, 0.15) is 24.2 Å². The number of aliphatic hydroxyl groups excluding tert-OH is 1. The third-order valence-corrected chi connectivity index (χ3v) is 3.79. The van der Waals surface area contributed by atoms with Gasteiger partial charge in [0.15, 0.2) is 0 Å². The lowest BCUT2D eigenvalue weighted by atomic mass is 10.1. The molecular weight excluding hydrogens is 327 g/mol. The van der Waals surface area contributed by atoms with E-state index in [0.717, 1.165) is 0 Å². The normalized spacial score (nSPS) is 12.2. The number of hydrogen-bond acceptors (Lipinski definition) is 5. The molecule has 0 saturated carbocycles. The van der Waals surface area contributed by atoms with Gasteiger partial charge in [0.05, 0.1) is 34.0 Å². The van der Waals surface area contributed by atoms with E-state index in [0.29, 0.717) is 26.6 Å². The van der Waals surface area contributed by atoms with Crippen LogP contribution >= 0.6 is 23.2 Å². The first kappa shape index (κ1) is 16.8. The molecule has 7 heteroatoms. The van der Waals surface area contributed by atoms with Gasteiger partial charge in [0, 0.05) is 18.1 Å². The smallest absolute Gasteiger partial charge is 0.341 e. The number of carbonyl (C=O) groups is 1. The van der Waals surface area contributed by atoms with Crippen molar-refractivity contribution in [3.8, 4) is 0 Å². The number of benzene rings is 1. The second kappa shape index (κ2) is 7.13. The highest BCUT2D eigenvalue weighted by molar-refractivity contribution is 6.45.